The van der Waals surface area contributed by atoms with Gasteiger partial charge in [0, 0.05) is 54.3 Å². The number of nitrogens with one attached hydrogen (secondary N) is 2. The Morgan fingerprint density at radius 3 is 1.11 bits per heavy atom. The Bertz CT molecular complexity index is 2190. The van der Waals surface area contributed by atoms with Gasteiger partial charge in [0.05, 0.1) is 32.8 Å². The van der Waals surface area contributed by atoms with Gasteiger partial charge in [-0.3, -0.25) is 0 Å². The molecule has 5 heterocycles. The first-order valence-corrected chi connectivity index (χ1v) is 15.0. The van der Waals surface area contributed by atoms with Crippen LogP contribution in [0.3, 0.4) is 0 Å². The summed E-state index contributed by atoms with van der Waals surface area (Å²) >= 11 is 3.86. The van der Waals surface area contributed by atoms with E-state index in [1.165, 1.54) is 0 Å². The summed E-state index contributed by atoms with van der Waals surface area (Å²) in [6, 6.07) is 39.8. The topological polar surface area (TPSA) is 57.4 Å². The molecule has 6 heteroatoms. The SMILES string of the molecule is Brc1c2nc(c(-c3ccccc3)c3ccc([nH]3)c(-c3ccccc3)c3nc(c(-c4ccccc4)c4ccc1[nH]4)C=C3)C=C2.[Pt]. The van der Waals surface area contributed by atoms with Crippen LogP contribution in [0.25, 0.3) is 79.8 Å². The molecule has 0 saturated heterocycles. The van der Waals surface area contributed by atoms with Crippen molar-refractivity contribution in [3.63, 3.8) is 0 Å². The first-order valence-electron chi connectivity index (χ1n) is 14.2. The molecule has 0 amide bonds. The van der Waals surface area contributed by atoms with Crippen LogP contribution in [0.4, 0.5) is 0 Å². The Labute approximate surface area is 277 Å². The molecule has 2 aliphatic heterocycles. The smallest absolute Gasteiger partial charge is 0.0801 e. The molecule has 0 fully saturated rings. The van der Waals surface area contributed by atoms with E-state index in [4.69, 9.17) is 9.97 Å². The molecule has 8 bridgehead atoms. The third-order valence-electron chi connectivity index (χ3n) is 7.88. The third kappa shape index (κ3) is 5.02. The van der Waals surface area contributed by atoms with Crippen molar-refractivity contribution >= 4 is 62.3 Å². The van der Waals surface area contributed by atoms with E-state index in [0.29, 0.717) is 0 Å². The van der Waals surface area contributed by atoms with Crippen molar-refractivity contribution in [2.75, 3.05) is 0 Å². The molecule has 3 aromatic carbocycles. The zero-order chi connectivity index (χ0) is 28.8. The van der Waals surface area contributed by atoms with E-state index in [0.717, 1.165) is 82.7 Å². The van der Waals surface area contributed by atoms with Crippen LogP contribution in [-0.2, 0) is 21.1 Å². The summed E-state index contributed by atoms with van der Waals surface area (Å²) in [6.45, 7) is 0. The summed E-state index contributed by atoms with van der Waals surface area (Å²) < 4.78 is 0.903. The van der Waals surface area contributed by atoms with Gasteiger partial charge in [0.1, 0.15) is 0 Å². The van der Waals surface area contributed by atoms with Crippen molar-refractivity contribution in [3.8, 4) is 33.4 Å². The summed E-state index contributed by atoms with van der Waals surface area (Å²) in [5, 5.41) is 0. The normalized spacial score (nSPS) is 11.8. The van der Waals surface area contributed by atoms with Crippen molar-refractivity contribution in [1.82, 2.24) is 19.9 Å². The molecule has 0 radical (unpaired) electrons. The number of H-pyrrole nitrogens is 2. The minimum atomic E-state index is 0. The molecule has 4 nitrogen and oxygen atoms in total. The fraction of sp³-hybridized carbons (Fsp3) is 0. The van der Waals surface area contributed by atoms with E-state index in [1.807, 2.05) is 18.2 Å². The van der Waals surface area contributed by atoms with Gasteiger partial charge in [0.2, 0.25) is 0 Å². The molecular weight excluding hydrogens is 787 g/mol. The predicted molar refractivity (Wildman–Crippen MR) is 183 cm³/mol. The first-order chi connectivity index (χ1) is 21.2. The Morgan fingerprint density at radius 2 is 0.705 bits per heavy atom. The van der Waals surface area contributed by atoms with Crippen molar-refractivity contribution in [3.05, 3.63) is 143 Å². The van der Waals surface area contributed by atoms with Gasteiger partial charge in [-0.05, 0) is 81.2 Å². The number of rotatable bonds is 3. The number of aromatic nitrogens is 4. The van der Waals surface area contributed by atoms with E-state index in [9.17, 15) is 0 Å². The van der Waals surface area contributed by atoms with Gasteiger partial charge in [-0.25, -0.2) is 9.97 Å². The Morgan fingerprint density at radius 1 is 0.386 bits per heavy atom. The molecule has 214 valence electrons. The maximum Gasteiger partial charge on any atom is 0.0801 e. The van der Waals surface area contributed by atoms with Crippen LogP contribution in [0.2, 0.25) is 0 Å². The molecular formula is C38H25BrN4Pt. The Balaban J connectivity index is 0.00000312. The van der Waals surface area contributed by atoms with E-state index < -0.39 is 0 Å². The molecule has 0 aliphatic carbocycles. The number of benzene rings is 3. The first kappa shape index (κ1) is 28.2. The fourth-order valence-electron chi connectivity index (χ4n) is 5.90. The molecule has 6 aromatic rings. The minimum absolute atomic E-state index is 0. The van der Waals surface area contributed by atoms with Gasteiger partial charge >= 0.3 is 0 Å². The molecule has 0 atom stereocenters. The Hall–Kier alpha value is -4.57. The molecule has 8 rings (SSSR count). The van der Waals surface area contributed by atoms with Crippen LogP contribution in [0.1, 0.15) is 22.8 Å². The van der Waals surface area contributed by atoms with Crippen molar-refractivity contribution < 1.29 is 21.1 Å². The largest absolute Gasteiger partial charge is 0.354 e. The van der Waals surface area contributed by atoms with Crippen LogP contribution < -0.4 is 0 Å². The monoisotopic (exact) mass is 811 g/mol. The quantitative estimate of drug-likeness (QED) is 0.187. The molecule has 0 saturated carbocycles. The number of halogens is 1. The van der Waals surface area contributed by atoms with Gasteiger partial charge in [0.25, 0.3) is 0 Å². The van der Waals surface area contributed by atoms with Crippen molar-refractivity contribution in [1.29, 1.82) is 0 Å². The van der Waals surface area contributed by atoms with Gasteiger partial charge in [-0.2, -0.15) is 0 Å². The zero-order valence-electron chi connectivity index (χ0n) is 23.4. The fourth-order valence-corrected chi connectivity index (χ4v) is 6.35. The summed E-state index contributed by atoms with van der Waals surface area (Å²) in [7, 11) is 0. The molecule has 3 aromatic heterocycles. The van der Waals surface area contributed by atoms with E-state index in [1.54, 1.807) is 0 Å². The van der Waals surface area contributed by atoms with Gasteiger partial charge in [-0.1, -0.05) is 91.0 Å². The van der Waals surface area contributed by atoms with Gasteiger partial charge in [-0.15, -0.1) is 0 Å². The van der Waals surface area contributed by atoms with E-state index in [-0.39, 0.29) is 21.1 Å². The Kier molecular flexibility index (Phi) is 7.59. The second-order valence-electron chi connectivity index (χ2n) is 10.5. The minimum Gasteiger partial charge on any atom is -0.354 e. The maximum absolute atomic E-state index is 5.28. The average molecular weight is 813 g/mol. The third-order valence-corrected chi connectivity index (χ3v) is 8.71. The summed E-state index contributed by atoms with van der Waals surface area (Å²) in [4.78, 5) is 17.8. The molecule has 2 aliphatic rings. The van der Waals surface area contributed by atoms with E-state index >= 15 is 0 Å². The zero-order valence-corrected chi connectivity index (χ0v) is 27.2. The second kappa shape index (κ2) is 11.8. The summed E-state index contributed by atoms with van der Waals surface area (Å²) in [6.07, 6.45) is 8.40. The van der Waals surface area contributed by atoms with Crippen molar-refractivity contribution in [2.24, 2.45) is 0 Å². The molecule has 0 spiro atoms. The van der Waals surface area contributed by atoms with E-state index in [2.05, 4.69) is 147 Å². The maximum atomic E-state index is 5.28. The van der Waals surface area contributed by atoms with Gasteiger partial charge in [0.15, 0.2) is 0 Å². The number of aromatic amines is 2. The second-order valence-corrected chi connectivity index (χ2v) is 11.3. The number of nitrogens with zero attached hydrogens (tertiary/aromatic N) is 2. The number of fused-ring (bicyclic) bond motifs is 8. The van der Waals surface area contributed by atoms with Crippen molar-refractivity contribution in [2.45, 2.75) is 0 Å². The van der Waals surface area contributed by atoms with Crippen LogP contribution in [0.5, 0.6) is 0 Å². The summed E-state index contributed by atoms with van der Waals surface area (Å²) in [5.41, 5.74) is 13.9. The van der Waals surface area contributed by atoms with Crippen LogP contribution >= 0.6 is 15.9 Å². The van der Waals surface area contributed by atoms with Crippen LogP contribution in [0.15, 0.2) is 120 Å². The van der Waals surface area contributed by atoms with Gasteiger partial charge < -0.3 is 9.97 Å². The predicted octanol–water partition coefficient (Wildman–Crippen LogP) is 10.4. The van der Waals surface area contributed by atoms with Crippen LogP contribution in [0, 0.1) is 0 Å². The number of hydrogen-bond acceptors (Lipinski definition) is 2. The molecule has 0 unspecified atom stereocenters. The standard InChI is InChI=1S/C38H25BrN4.Pt/c39-38-33-22-20-31(42-33)36(25-12-6-2-7-13-25)29-18-16-27(40-29)35(24-10-4-1-5-11-24)28-17-19-30(41-28)37(26-14-8-3-9-15-26)32-21-23-34(38)43-32;/h1-23,40,43H;. The molecule has 44 heavy (non-hydrogen) atoms. The average Bonchev–Trinajstić information content (AvgIpc) is 3.88. The number of hydrogen-bond donors (Lipinski definition) is 2. The van der Waals surface area contributed by atoms with Crippen LogP contribution in [-0.4, -0.2) is 19.9 Å². The molecule has 2 N–H and O–H groups in total. The summed E-state index contributed by atoms with van der Waals surface area (Å²) in [5.74, 6) is 0.